The van der Waals surface area contributed by atoms with Gasteiger partial charge in [0.25, 0.3) is 0 Å². The molecule has 0 saturated heterocycles. The summed E-state index contributed by atoms with van der Waals surface area (Å²) in [7, 11) is 0. The summed E-state index contributed by atoms with van der Waals surface area (Å²) in [5.74, 6) is 0. The Hall–Kier alpha value is -2.49. The molecule has 1 aromatic carbocycles. The van der Waals surface area contributed by atoms with Gasteiger partial charge in [-0.1, -0.05) is 18.2 Å². The third-order valence-corrected chi connectivity index (χ3v) is 3.24. The number of benzene rings is 1. The van der Waals surface area contributed by atoms with Gasteiger partial charge in [0, 0.05) is 29.8 Å². The van der Waals surface area contributed by atoms with E-state index in [-0.39, 0.29) is 0 Å². The zero-order chi connectivity index (χ0) is 13.1. The summed E-state index contributed by atoms with van der Waals surface area (Å²) in [5.41, 5.74) is 9.96. The molecule has 2 aromatic heterocycles. The van der Waals surface area contributed by atoms with Gasteiger partial charge in [-0.3, -0.25) is 4.98 Å². The molecule has 0 radical (unpaired) electrons. The van der Waals surface area contributed by atoms with Gasteiger partial charge in [0.15, 0.2) is 0 Å². The van der Waals surface area contributed by atoms with Gasteiger partial charge in [-0.05, 0) is 24.1 Å². The molecule has 0 atom stereocenters. The van der Waals surface area contributed by atoms with Crippen LogP contribution in [-0.4, -0.2) is 16.5 Å². The lowest BCUT2D eigenvalue weighted by Gasteiger charge is -2.07. The zero-order valence-corrected chi connectivity index (χ0v) is 10.6. The van der Waals surface area contributed by atoms with Crippen molar-refractivity contribution in [2.75, 3.05) is 17.6 Å². The lowest BCUT2D eigenvalue weighted by Crippen LogP contribution is -2.06. The summed E-state index contributed by atoms with van der Waals surface area (Å²) in [5, 5.41) is 4.62. The fraction of sp³-hybridized carbons (Fsp3) is 0.133. The van der Waals surface area contributed by atoms with Crippen LogP contribution in [-0.2, 0) is 6.42 Å². The Labute approximate surface area is 111 Å². The zero-order valence-electron chi connectivity index (χ0n) is 10.6. The number of hydrogen-bond donors (Lipinski definition) is 3. The van der Waals surface area contributed by atoms with Crippen molar-refractivity contribution < 1.29 is 0 Å². The first-order chi connectivity index (χ1) is 9.34. The minimum Gasteiger partial charge on any atom is -0.396 e. The molecule has 0 aliphatic rings. The molecule has 0 bridgehead atoms. The number of aromatic amines is 1. The van der Waals surface area contributed by atoms with E-state index in [2.05, 4.69) is 39.7 Å². The molecule has 4 nitrogen and oxygen atoms in total. The highest BCUT2D eigenvalue weighted by Crippen LogP contribution is 2.19. The molecule has 0 aliphatic carbocycles. The lowest BCUT2D eigenvalue weighted by atomic mass is 10.1. The largest absolute Gasteiger partial charge is 0.396 e. The molecule has 3 aromatic rings. The fourth-order valence-electron chi connectivity index (χ4n) is 2.24. The maximum Gasteiger partial charge on any atom is 0.0736 e. The van der Waals surface area contributed by atoms with Crippen LogP contribution in [0.5, 0.6) is 0 Å². The van der Waals surface area contributed by atoms with Crippen molar-refractivity contribution in [2.45, 2.75) is 6.42 Å². The first-order valence-electron chi connectivity index (χ1n) is 6.33. The summed E-state index contributed by atoms with van der Waals surface area (Å²) in [6.07, 6.45) is 6.42. The van der Waals surface area contributed by atoms with Gasteiger partial charge in [0.05, 0.1) is 17.6 Å². The SMILES string of the molecule is Nc1cnccc1NCCc1c[nH]c2ccccc12. The van der Waals surface area contributed by atoms with E-state index in [0.717, 1.165) is 18.7 Å². The number of nitrogen functional groups attached to an aromatic ring is 1. The number of para-hydroxylation sites is 1. The van der Waals surface area contributed by atoms with Crippen LogP contribution < -0.4 is 11.1 Å². The number of H-pyrrole nitrogens is 1. The van der Waals surface area contributed by atoms with Crippen LogP contribution in [0.3, 0.4) is 0 Å². The molecule has 0 fully saturated rings. The number of pyridine rings is 1. The van der Waals surface area contributed by atoms with E-state index in [9.17, 15) is 0 Å². The van der Waals surface area contributed by atoms with Crippen molar-refractivity contribution in [2.24, 2.45) is 0 Å². The molecule has 0 saturated carbocycles. The Bertz CT molecular complexity index is 687. The number of anilines is 2. The van der Waals surface area contributed by atoms with Crippen LogP contribution in [0, 0.1) is 0 Å². The molecule has 4 N–H and O–H groups in total. The predicted molar refractivity (Wildman–Crippen MR) is 79.1 cm³/mol. The summed E-state index contributed by atoms with van der Waals surface area (Å²) >= 11 is 0. The van der Waals surface area contributed by atoms with E-state index in [1.165, 1.54) is 16.5 Å². The Kier molecular flexibility index (Phi) is 3.06. The third kappa shape index (κ3) is 2.38. The van der Waals surface area contributed by atoms with Gasteiger partial charge in [-0.15, -0.1) is 0 Å². The van der Waals surface area contributed by atoms with E-state index in [4.69, 9.17) is 5.73 Å². The van der Waals surface area contributed by atoms with Gasteiger partial charge in [-0.25, -0.2) is 0 Å². The molecule has 0 aliphatic heterocycles. The first kappa shape index (κ1) is 11.6. The molecular weight excluding hydrogens is 236 g/mol. The number of rotatable bonds is 4. The molecule has 0 unspecified atom stereocenters. The van der Waals surface area contributed by atoms with Crippen LogP contribution in [0.2, 0.25) is 0 Å². The van der Waals surface area contributed by atoms with Crippen molar-refractivity contribution >= 4 is 22.3 Å². The molecular formula is C15H16N4. The second-order valence-corrected chi connectivity index (χ2v) is 4.50. The summed E-state index contributed by atoms with van der Waals surface area (Å²) in [4.78, 5) is 7.26. The normalized spacial score (nSPS) is 10.7. The van der Waals surface area contributed by atoms with Crippen molar-refractivity contribution in [3.63, 3.8) is 0 Å². The van der Waals surface area contributed by atoms with Gasteiger partial charge in [0.1, 0.15) is 0 Å². The van der Waals surface area contributed by atoms with E-state index < -0.39 is 0 Å². The van der Waals surface area contributed by atoms with Crippen LogP contribution >= 0.6 is 0 Å². The fourth-order valence-corrected chi connectivity index (χ4v) is 2.24. The minimum atomic E-state index is 0.682. The highest BCUT2D eigenvalue weighted by Gasteiger charge is 2.03. The molecule has 2 heterocycles. The number of nitrogens with two attached hydrogens (primary N) is 1. The number of hydrogen-bond acceptors (Lipinski definition) is 3. The number of aromatic nitrogens is 2. The summed E-state index contributed by atoms with van der Waals surface area (Å²) in [6.45, 7) is 0.843. The maximum atomic E-state index is 5.84. The van der Waals surface area contributed by atoms with Crippen molar-refractivity contribution in [3.05, 3.63) is 54.5 Å². The number of nitrogens with zero attached hydrogens (tertiary/aromatic N) is 1. The molecule has 0 spiro atoms. The van der Waals surface area contributed by atoms with Crippen molar-refractivity contribution in [1.82, 2.24) is 9.97 Å². The van der Waals surface area contributed by atoms with E-state index in [0.29, 0.717) is 5.69 Å². The Morgan fingerprint density at radius 3 is 3.00 bits per heavy atom. The molecule has 4 heteroatoms. The molecule has 19 heavy (non-hydrogen) atoms. The standard InChI is InChI=1S/C15H16N4/c16-13-10-17-7-6-15(13)18-8-5-11-9-19-14-4-2-1-3-12(11)14/h1-4,6-7,9-10,19H,5,8,16H2,(H,17,18). The summed E-state index contributed by atoms with van der Waals surface area (Å²) < 4.78 is 0. The number of nitrogens with one attached hydrogen (secondary N) is 2. The minimum absolute atomic E-state index is 0.682. The monoisotopic (exact) mass is 252 g/mol. The average molecular weight is 252 g/mol. The van der Waals surface area contributed by atoms with Gasteiger partial charge in [-0.2, -0.15) is 0 Å². The average Bonchev–Trinajstić information content (AvgIpc) is 2.85. The quantitative estimate of drug-likeness (QED) is 0.669. The van der Waals surface area contributed by atoms with Crippen LogP contribution in [0.25, 0.3) is 10.9 Å². The second-order valence-electron chi connectivity index (χ2n) is 4.50. The molecule has 96 valence electrons. The Morgan fingerprint density at radius 1 is 1.21 bits per heavy atom. The van der Waals surface area contributed by atoms with E-state index in [1.807, 2.05) is 12.1 Å². The van der Waals surface area contributed by atoms with Crippen molar-refractivity contribution in [3.8, 4) is 0 Å². The number of fused-ring (bicyclic) bond motifs is 1. The molecule has 3 rings (SSSR count). The lowest BCUT2D eigenvalue weighted by molar-refractivity contribution is 1.03. The smallest absolute Gasteiger partial charge is 0.0736 e. The van der Waals surface area contributed by atoms with Crippen LogP contribution in [0.15, 0.2) is 48.9 Å². The Morgan fingerprint density at radius 2 is 2.11 bits per heavy atom. The predicted octanol–water partition coefficient (Wildman–Crippen LogP) is 2.80. The third-order valence-electron chi connectivity index (χ3n) is 3.24. The Balaban J connectivity index is 1.68. The topological polar surface area (TPSA) is 66.7 Å². The second kappa shape index (κ2) is 5.02. The van der Waals surface area contributed by atoms with Crippen LogP contribution in [0.1, 0.15) is 5.56 Å². The van der Waals surface area contributed by atoms with Crippen molar-refractivity contribution in [1.29, 1.82) is 0 Å². The highest BCUT2D eigenvalue weighted by atomic mass is 14.9. The van der Waals surface area contributed by atoms with Gasteiger partial charge < -0.3 is 16.0 Å². The van der Waals surface area contributed by atoms with Gasteiger partial charge >= 0.3 is 0 Å². The first-order valence-corrected chi connectivity index (χ1v) is 6.33. The van der Waals surface area contributed by atoms with E-state index in [1.54, 1.807) is 12.4 Å². The molecule has 0 amide bonds. The summed E-state index contributed by atoms with van der Waals surface area (Å²) in [6, 6.07) is 10.2. The van der Waals surface area contributed by atoms with Crippen LogP contribution in [0.4, 0.5) is 11.4 Å². The highest BCUT2D eigenvalue weighted by molar-refractivity contribution is 5.83. The van der Waals surface area contributed by atoms with Gasteiger partial charge in [0.2, 0.25) is 0 Å². The maximum absolute atomic E-state index is 5.84. The van der Waals surface area contributed by atoms with E-state index >= 15 is 0 Å².